The highest BCUT2D eigenvalue weighted by atomic mass is 16.3. The van der Waals surface area contributed by atoms with Gasteiger partial charge in [-0.15, -0.1) is 0 Å². The number of nitrogens with zero attached hydrogens (tertiary/aromatic N) is 1. The molecule has 88 valence electrons. The van der Waals surface area contributed by atoms with Gasteiger partial charge in [-0.05, 0) is 12.3 Å². The Hall–Kier alpha value is -1.40. The van der Waals surface area contributed by atoms with E-state index in [4.69, 9.17) is 10.2 Å². The first-order chi connectivity index (χ1) is 7.67. The Morgan fingerprint density at radius 2 is 2.12 bits per heavy atom. The summed E-state index contributed by atoms with van der Waals surface area (Å²) in [6, 6.07) is 1.15. The van der Waals surface area contributed by atoms with Crippen molar-refractivity contribution in [1.82, 2.24) is 9.55 Å². The fourth-order valence-electron chi connectivity index (χ4n) is 2.27. The molecule has 6 heteroatoms. The predicted octanol–water partition coefficient (Wildman–Crippen LogP) is -1.30. The van der Waals surface area contributed by atoms with E-state index in [2.05, 4.69) is 4.98 Å². The molecule has 1 fully saturated rings. The van der Waals surface area contributed by atoms with Crippen LogP contribution in [0.5, 0.6) is 0 Å². The third-order valence-electron chi connectivity index (χ3n) is 3.30. The first-order valence-electron chi connectivity index (χ1n) is 5.20. The number of H-pyrrole nitrogens is 1. The van der Waals surface area contributed by atoms with Gasteiger partial charge in [0.2, 0.25) is 0 Å². The molecule has 1 aromatic rings. The van der Waals surface area contributed by atoms with Crippen molar-refractivity contribution < 1.29 is 10.2 Å². The molecule has 0 amide bonds. The van der Waals surface area contributed by atoms with E-state index in [1.54, 1.807) is 0 Å². The molecule has 1 saturated carbocycles. The number of aliphatic hydroxyl groups excluding tert-OH is 2. The molecule has 0 unspecified atom stereocenters. The summed E-state index contributed by atoms with van der Waals surface area (Å²) < 4.78 is 1.41. The highest BCUT2D eigenvalue weighted by Gasteiger charge is 2.41. The van der Waals surface area contributed by atoms with Crippen molar-refractivity contribution in [3.05, 3.63) is 33.1 Å². The molecule has 0 spiro atoms. The maximum Gasteiger partial charge on any atom is 0.328 e. The maximum absolute atomic E-state index is 11.5. The third kappa shape index (κ3) is 1.70. The molecule has 0 aromatic carbocycles. The zero-order chi connectivity index (χ0) is 11.7. The Balaban J connectivity index is 2.26. The van der Waals surface area contributed by atoms with Crippen molar-refractivity contribution in [3.8, 4) is 0 Å². The van der Waals surface area contributed by atoms with E-state index in [1.807, 2.05) is 0 Å². The second-order valence-electron chi connectivity index (χ2n) is 4.11. The molecule has 0 radical (unpaired) electrons. The zero-order valence-electron chi connectivity index (χ0n) is 8.67. The lowest BCUT2D eigenvalue weighted by atomic mass is 9.70. The minimum Gasteiger partial charge on any atom is -0.396 e. The summed E-state index contributed by atoms with van der Waals surface area (Å²) in [5, 5.41) is 18.2. The van der Waals surface area contributed by atoms with Crippen LogP contribution in [0.4, 0.5) is 0 Å². The molecule has 0 saturated heterocycles. The van der Waals surface area contributed by atoms with E-state index in [0.29, 0.717) is 6.42 Å². The van der Waals surface area contributed by atoms with Crippen molar-refractivity contribution in [1.29, 1.82) is 0 Å². The summed E-state index contributed by atoms with van der Waals surface area (Å²) in [7, 11) is 0. The molecule has 1 heterocycles. The molecule has 1 aliphatic carbocycles. The van der Waals surface area contributed by atoms with Crippen molar-refractivity contribution >= 4 is 0 Å². The standard InChI is InChI=1S/C10H14N2O4/c13-4-6-3-8(7(6)5-14)12-2-1-9(15)11-10(12)16/h1-2,6-8,13-14H,3-5H2,(H,11,15,16)/t6-,7-,8-/m1/s1. The number of hydrogen-bond acceptors (Lipinski definition) is 4. The van der Waals surface area contributed by atoms with E-state index < -0.39 is 11.2 Å². The van der Waals surface area contributed by atoms with E-state index in [-0.39, 0.29) is 31.1 Å². The van der Waals surface area contributed by atoms with E-state index in [9.17, 15) is 9.59 Å². The Bertz CT molecular complexity index is 478. The maximum atomic E-state index is 11.5. The van der Waals surface area contributed by atoms with Gasteiger partial charge in [0, 0.05) is 37.4 Å². The molecule has 3 N–H and O–H groups in total. The first-order valence-corrected chi connectivity index (χ1v) is 5.20. The van der Waals surface area contributed by atoms with Crippen LogP contribution in [-0.4, -0.2) is 33.0 Å². The number of rotatable bonds is 3. The molecule has 2 rings (SSSR count). The summed E-state index contributed by atoms with van der Waals surface area (Å²) in [4.78, 5) is 24.6. The number of aromatic amines is 1. The first kappa shape index (κ1) is 11.1. The van der Waals surface area contributed by atoms with Crippen molar-refractivity contribution in [2.45, 2.75) is 12.5 Å². The molecule has 16 heavy (non-hydrogen) atoms. The Kier molecular flexibility index (Phi) is 2.93. The van der Waals surface area contributed by atoms with Crippen molar-refractivity contribution in [2.75, 3.05) is 13.2 Å². The summed E-state index contributed by atoms with van der Waals surface area (Å²) in [5.74, 6) is -0.0811. The van der Waals surface area contributed by atoms with Crippen molar-refractivity contribution in [2.24, 2.45) is 11.8 Å². The molecule has 0 aliphatic heterocycles. The summed E-state index contributed by atoms with van der Waals surface area (Å²) >= 11 is 0. The molecular weight excluding hydrogens is 212 g/mol. The van der Waals surface area contributed by atoms with Crippen LogP contribution in [0.15, 0.2) is 21.9 Å². The number of nitrogens with one attached hydrogen (secondary N) is 1. The van der Waals surface area contributed by atoms with Crippen LogP contribution in [0.1, 0.15) is 12.5 Å². The van der Waals surface area contributed by atoms with Crippen molar-refractivity contribution in [3.63, 3.8) is 0 Å². The molecular formula is C10H14N2O4. The smallest absolute Gasteiger partial charge is 0.328 e. The minimum absolute atomic E-state index is 0.0137. The minimum atomic E-state index is -0.465. The summed E-state index contributed by atoms with van der Waals surface area (Å²) in [5.41, 5.74) is -0.896. The van der Waals surface area contributed by atoms with Gasteiger partial charge in [-0.2, -0.15) is 0 Å². The van der Waals surface area contributed by atoms with Crippen LogP contribution in [0, 0.1) is 11.8 Å². The Morgan fingerprint density at radius 1 is 1.38 bits per heavy atom. The van der Waals surface area contributed by atoms with Gasteiger partial charge in [0.1, 0.15) is 0 Å². The average Bonchev–Trinajstić information content (AvgIpc) is 2.21. The van der Waals surface area contributed by atoms with Gasteiger partial charge >= 0.3 is 5.69 Å². The van der Waals surface area contributed by atoms with Crippen LogP contribution < -0.4 is 11.2 Å². The Morgan fingerprint density at radius 3 is 2.69 bits per heavy atom. The van der Waals surface area contributed by atoms with E-state index in [1.165, 1.54) is 16.8 Å². The normalized spacial score (nSPS) is 28.8. The monoisotopic (exact) mass is 226 g/mol. The quantitative estimate of drug-likeness (QED) is 0.597. The predicted molar refractivity (Wildman–Crippen MR) is 56.1 cm³/mol. The fourth-order valence-corrected chi connectivity index (χ4v) is 2.27. The highest BCUT2D eigenvalue weighted by Crippen LogP contribution is 2.42. The summed E-state index contributed by atoms with van der Waals surface area (Å²) in [6.45, 7) is -0.0543. The average molecular weight is 226 g/mol. The van der Waals surface area contributed by atoms with Gasteiger partial charge in [0.15, 0.2) is 0 Å². The Labute approximate surface area is 91.2 Å². The SMILES string of the molecule is O=c1ccn([C@@H]2C[C@H](CO)[C@H]2CO)c(=O)[nH]1. The van der Waals surface area contributed by atoms with Gasteiger partial charge in [0.05, 0.1) is 0 Å². The lowest BCUT2D eigenvalue weighted by molar-refractivity contribution is -0.00874. The second-order valence-corrected chi connectivity index (χ2v) is 4.11. The summed E-state index contributed by atoms with van der Waals surface area (Å²) in [6.07, 6.45) is 2.08. The molecule has 6 nitrogen and oxygen atoms in total. The molecule has 1 aliphatic rings. The molecule has 0 bridgehead atoms. The largest absolute Gasteiger partial charge is 0.396 e. The van der Waals surface area contributed by atoms with E-state index >= 15 is 0 Å². The van der Waals surface area contributed by atoms with Crippen LogP contribution in [0.3, 0.4) is 0 Å². The van der Waals surface area contributed by atoms with Gasteiger partial charge in [-0.3, -0.25) is 14.3 Å². The lowest BCUT2D eigenvalue weighted by Crippen LogP contribution is -2.46. The van der Waals surface area contributed by atoms with Gasteiger partial charge in [-0.1, -0.05) is 0 Å². The zero-order valence-corrected chi connectivity index (χ0v) is 8.67. The van der Waals surface area contributed by atoms with Crippen LogP contribution in [0.2, 0.25) is 0 Å². The van der Waals surface area contributed by atoms with Crippen LogP contribution in [0.25, 0.3) is 0 Å². The number of aromatic nitrogens is 2. The second kappa shape index (κ2) is 4.23. The van der Waals surface area contributed by atoms with Crippen LogP contribution in [-0.2, 0) is 0 Å². The molecule has 1 aromatic heterocycles. The topological polar surface area (TPSA) is 95.3 Å². The fraction of sp³-hybridized carbons (Fsp3) is 0.600. The molecule has 3 atom stereocenters. The highest BCUT2D eigenvalue weighted by molar-refractivity contribution is 4.96. The lowest BCUT2D eigenvalue weighted by Gasteiger charge is -2.43. The van der Waals surface area contributed by atoms with Gasteiger partial charge in [0.25, 0.3) is 5.56 Å². The third-order valence-corrected chi connectivity index (χ3v) is 3.30. The van der Waals surface area contributed by atoms with Gasteiger partial charge < -0.3 is 10.2 Å². The van der Waals surface area contributed by atoms with Crippen LogP contribution >= 0.6 is 0 Å². The van der Waals surface area contributed by atoms with E-state index in [0.717, 1.165) is 0 Å². The number of aliphatic hydroxyl groups is 2. The van der Waals surface area contributed by atoms with Gasteiger partial charge in [-0.25, -0.2) is 4.79 Å². The number of hydrogen-bond donors (Lipinski definition) is 3.